The largest absolute Gasteiger partial charge is 0.504 e. The van der Waals surface area contributed by atoms with Crippen molar-refractivity contribution in [2.75, 3.05) is 12.4 Å². The highest BCUT2D eigenvalue weighted by Crippen LogP contribution is 2.37. The Morgan fingerprint density at radius 3 is 2.41 bits per heavy atom. The maximum Gasteiger partial charge on any atom is 0.319 e. The second-order valence-corrected chi connectivity index (χ2v) is 4.48. The van der Waals surface area contributed by atoms with Crippen LogP contribution in [0.1, 0.15) is 5.56 Å². The summed E-state index contributed by atoms with van der Waals surface area (Å²) >= 11 is 0. The first-order valence-corrected chi connectivity index (χ1v) is 6.43. The third kappa shape index (κ3) is 3.51. The highest BCUT2D eigenvalue weighted by molar-refractivity contribution is 5.90. The van der Waals surface area contributed by atoms with Crippen molar-refractivity contribution < 1.29 is 24.9 Å². The Bertz CT molecular complexity index is 664. The van der Waals surface area contributed by atoms with E-state index in [1.54, 1.807) is 13.2 Å². The van der Waals surface area contributed by atoms with Crippen LogP contribution >= 0.6 is 0 Å². The normalized spacial score (nSPS) is 10.0. The fourth-order valence-electron chi connectivity index (χ4n) is 1.88. The Morgan fingerprint density at radius 2 is 1.77 bits per heavy atom. The standard InChI is InChI=1S/C15H16N2O5/c1-22-13-5-3-2-4-9(13)8-16-15(21)17-10-6-11(18)14(20)12(19)7-10/h2-7,18-20H,8H2,1H3,(H2,16,17,21). The summed E-state index contributed by atoms with van der Waals surface area (Å²) in [5, 5.41) is 33.0. The molecular formula is C15H16N2O5. The summed E-state index contributed by atoms with van der Waals surface area (Å²) in [6, 6.07) is 8.96. The number of hydrogen-bond acceptors (Lipinski definition) is 5. The Hall–Kier alpha value is -3.09. The van der Waals surface area contributed by atoms with E-state index < -0.39 is 23.3 Å². The van der Waals surface area contributed by atoms with Gasteiger partial charge >= 0.3 is 6.03 Å². The van der Waals surface area contributed by atoms with Crippen molar-refractivity contribution in [2.45, 2.75) is 6.54 Å². The molecule has 0 saturated heterocycles. The lowest BCUT2D eigenvalue weighted by Gasteiger charge is -2.11. The summed E-state index contributed by atoms with van der Waals surface area (Å²) in [4.78, 5) is 11.8. The van der Waals surface area contributed by atoms with E-state index in [0.29, 0.717) is 5.75 Å². The van der Waals surface area contributed by atoms with Crippen molar-refractivity contribution in [1.29, 1.82) is 0 Å². The van der Waals surface area contributed by atoms with Gasteiger partial charge in [0.15, 0.2) is 17.2 Å². The molecule has 0 atom stereocenters. The van der Waals surface area contributed by atoms with Gasteiger partial charge < -0.3 is 30.7 Å². The van der Waals surface area contributed by atoms with Crippen molar-refractivity contribution in [3.8, 4) is 23.0 Å². The number of anilines is 1. The Morgan fingerprint density at radius 1 is 1.14 bits per heavy atom. The predicted octanol–water partition coefficient (Wildman–Crippen LogP) is 2.13. The first kappa shape index (κ1) is 15.3. The molecule has 2 aromatic carbocycles. The van der Waals surface area contributed by atoms with Crippen LogP contribution in [0.2, 0.25) is 0 Å². The molecular weight excluding hydrogens is 288 g/mol. The van der Waals surface area contributed by atoms with E-state index >= 15 is 0 Å². The molecule has 0 heterocycles. The predicted molar refractivity (Wildman–Crippen MR) is 80.3 cm³/mol. The minimum absolute atomic E-state index is 0.144. The summed E-state index contributed by atoms with van der Waals surface area (Å²) in [5.74, 6) is -1.04. The van der Waals surface area contributed by atoms with Crippen LogP contribution in [0.5, 0.6) is 23.0 Å². The van der Waals surface area contributed by atoms with Crippen LogP contribution in [0.4, 0.5) is 10.5 Å². The number of methoxy groups -OCH3 is 1. The van der Waals surface area contributed by atoms with E-state index in [0.717, 1.165) is 17.7 Å². The number of carbonyl (C=O) groups excluding carboxylic acids is 1. The van der Waals surface area contributed by atoms with E-state index in [9.17, 15) is 20.1 Å². The number of nitrogens with one attached hydrogen (secondary N) is 2. The van der Waals surface area contributed by atoms with Gasteiger partial charge in [-0.3, -0.25) is 0 Å². The third-order valence-corrected chi connectivity index (χ3v) is 2.96. The number of amides is 2. The van der Waals surface area contributed by atoms with E-state index in [4.69, 9.17) is 4.74 Å². The number of phenols is 3. The minimum Gasteiger partial charge on any atom is -0.504 e. The summed E-state index contributed by atoms with van der Waals surface area (Å²) in [6.45, 7) is 0.242. The average molecular weight is 304 g/mol. The number of carbonyl (C=O) groups is 1. The van der Waals surface area contributed by atoms with Crippen molar-refractivity contribution in [1.82, 2.24) is 5.32 Å². The number of rotatable bonds is 4. The fraction of sp³-hybridized carbons (Fsp3) is 0.133. The molecule has 7 heteroatoms. The van der Waals surface area contributed by atoms with Gasteiger partial charge in [0.05, 0.1) is 12.8 Å². The zero-order valence-corrected chi connectivity index (χ0v) is 11.8. The summed E-state index contributed by atoms with van der Waals surface area (Å²) in [7, 11) is 1.54. The number of para-hydroxylation sites is 1. The zero-order chi connectivity index (χ0) is 16.1. The van der Waals surface area contributed by atoms with Gasteiger partial charge in [0.2, 0.25) is 0 Å². The van der Waals surface area contributed by atoms with Crippen molar-refractivity contribution >= 4 is 11.7 Å². The first-order valence-electron chi connectivity index (χ1n) is 6.43. The molecule has 0 aliphatic rings. The molecule has 0 fully saturated rings. The van der Waals surface area contributed by atoms with E-state index in [2.05, 4.69) is 10.6 Å². The van der Waals surface area contributed by atoms with Gasteiger partial charge in [0, 0.05) is 24.2 Å². The molecule has 0 spiro atoms. The lowest BCUT2D eigenvalue weighted by atomic mass is 10.2. The number of hydrogen-bond donors (Lipinski definition) is 5. The average Bonchev–Trinajstić information content (AvgIpc) is 2.50. The van der Waals surface area contributed by atoms with Crippen molar-refractivity contribution in [2.24, 2.45) is 0 Å². The van der Waals surface area contributed by atoms with Gasteiger partial charge in [-0.25, -0.2) is 4.79 Å². The molecule has 2 rings (SSSR count). The first-order chi connectivity index (χ1) is 10.5. The second kappa shape index (κ2) is 6.57. The van der Waals surface area contributed by atoms with E-state index in [1.165, 1.54) is 0 Å². The van der Waals surface area contributed by atoms with Gasteiger partial charge in [-0.2, -0.15) is 0 Å². The highest BCUT2D eigenvalue weighted by Gasteiger charge is 2.10. The van der Waals surface area contributed by atoms with Gasteiger partial charge in [0.1, 0.15) is 5.75 Å². The zero-order valence-electron chi connectivity index (χ0n) is 11.8. The molecule has 0 bridgehead atoms. The van der Waals surface area contributed by atoms with Crippen molar-refractivity contribution in [3.63, 3.8) is 0 Å². The molecule has 0 aliphatic heterocycles. The SMILES string of the molecule is COc1ccccc1CNC(=O)Nc1cc(O)c(O)c(O)c1. The van der Waals surface area contributed by atoms with Gasteiger partial charge in [-0.05, 0) is 6.07 Å². The van der Waals surface area contributed by atoms with Crippen LogP contribution in [0.15, 0.2) is 36.4 Å². The van der Waals surface area contributed by atoms with Crippen molar-refractivity contribution in [3.05, 3.63) is 42.0 Å². The van der Waals surface area contributed by atoms with Crippen LogP contribution in [-0.4, -0.2) is 28.5 Å². The van der Waals surface area contributed by atoms with Crippen LogP contribution in [-0.2, 0) is 6.54 Å². The van der Waals surface area contributed by atoms with Gasteiger partial charge in [-0.15, -0.1) is 0 Å². The molecule has 22 heavy (non-hydrogen) atoms. The molecule has 2 amide bonds. The minimum atomic E-state index is -0.639. The molecule has 0 radical (unpaired) electrons. The quantitative estimate of drug-likeness (QED) is 0.439. The molecule has 0 unspecified atom stereocenters. The Balaban J connectivity index is 1.99. The third-order valence-electron chi connectivity index (χ3n) is 2.96. The summed E-state index contributed by atoms with van der Waals surface area (Å²) in [6.07, 6.45) is 0. The number of benzene rings is 2. The number of aromatic hydroxyl groups is 3. The number of urea groups is 1. The maximum atomic E-state index is 11.8. The summed E-state index contributed by atoms with van der Waals surface area (Å²) < 4.78 is 5.17. The molecule has 0 aliphatic carbocycles. The Kier molecular flexibility index (Phi) is 4.57. The number of phenolic OH excluding ortho intramolecular Hbond substituents is 3. The molecule has 2 aromatic rings. The molecule has 0 saturated carbocycles. The molecule has 7 nitrogen and oxygen atoms in total. The van der Waals surface area contributed by atoms with E-state index in [-0.39, 0.29) is 12.2 Å². The fourth-order valence-corrected chi connectivity index (χ4v) is 1.88. The maximum absolute atomic E-state index is 11.8. The van der Waals surface area contributed by atoms with E-state index in [1.807, 2.05) is 18.2 Å². The topological polar surface area (TPSA) is 111 Å². The molecule has 116 valence electrons. The lowest BCUT2D eigenvalue weighted by molar-refractivity contribution is 0.251. The smallest absolute Gasteiger partial charge is 0.319 e. The Labute approximate surface area is 126 Å². The van der Waals surface area contributed by atoms with Crippen LogP contribution in [0, 0.1) is 0 Å². The molecule has 0 aromatic heterocycles. The van der Waals surface area contributed by atoms with Crippen LogP contribution < -0.4 is 15.4 Å². The second-order valence-electron chi connectivity index (χ2n) is 4.48. The highest BCUT2D eigenvalue weighted by atomic mass is 16.5. The monoisotopic (exact) mass is 304 g/mol. The number of ether oxygens (including phenoxy) is 1. The molecule has 5 N–H and O–H groups in total. The summed E-state index contributed by atoms with van der Waals surface area (Å²) in [5.41, 5.74) is 0.946. The van der Waals surface area contributed by atoms with Gasteiger partial charge in [0.25, 0.3) is 0 Å². The van der Waals surface area contributed by atoms with Crippen LogP contribution in [0.3, 0.4) is 0 Å². The van der Waals surface area contributed by atoms with Gasteiger partial charge in [-0.1, -0.05) is 18.2 Å². The van der Waals surface area contributed by atoms with Crippen LogP contribution in [0.25, 0.3) is 0 Å². The lowest BCUT2D eigenvalue weighted by Crippen LogP contribution is -2.28.